The van der Waals surface area contributed by atoms with E-state index in [9.17, 15) is 19.8 Å². The lowest BCUT2D eigenvalue weighted by Crippen LogP contribution is -2.41. The summed E-state index contributed by atoms with van der Waals surface area (Å²) in [6.45, 7) is 18.2. The first kappa shape index (κ1) is 44.6. The molecule has 4 heterocycles. The fourth-order valence-electron chi connectivity index (χ4n) is 8.26. The molecule has 0 radical (unpaired) electrons. The molecule has 3 aromatic carbocycles. The van der Waals surface area contributed by atoms with E-state index in [1.54, 1.807) is 30.0 Å². The van der Waals surface area contributed by atoms with Crippen molar-refractivity contribution in [1.82, 2.24) is 29.1 Å². The van der Waals surface area contributed by atoms with Crippen molar-refractivity contribution in [2.24, 2.45) is 0 Å². The van der Waals surface area contributed by atoms with Crippen LogP contribution in [0.4, 0.5) is 4.79 Å². The van der Waals surface area contributed by atoms with E-state index in [2.05, 4.69) is 30.2 Å². The van der Waals surface area contributed by atoms with Crippen molar-refractivity contribution < 1.29 is 33.7 Å². The van der Waals surface area contributed by atoms with E-state index in [0.29, 0.717) is 91.3 Å². The highest BCUT2D eigenvalue weighted by Crippen LogP contribution is 2.33. The number of phenols is 2. The molecule has 7 rings (SSSR count). The number of carbonyl (C=O) groups is 2. The average Bonchev–Trinajstić information content (AvgIpc) is 3.93. The van der Waals surface area contributed by atoms with Gasteiger partial charge < -0.3 is 33.9 Å². The number of carbonyl (C=O) groups excluding carboxylic acids is 2. The zero-order valence-corrected chi connectivity index (χ0v) is 36.8. The number of imidazole rings is 1. The van der Waals surface area contributed by atoms with E-state index in [-0.39, 0.29) is 41.3 Å². The Bertz CT molecular complexity index is 2620. The van der Waals surface area contributed by atoms with Crippen LogP contribution in [0.15, 0.2) is 89.7 Å². The minimum absolute atomic E-state index is 0.0415. The number of hydrogen-bond acceptors (Lipinski definition) is 10. The van der Waals surface area contributed by atoms with Gasteiger partial charge in [-0.25, -0.2) is 14.8 Å². The Balaban J connectivity index is 1.15. The molecule has 1 aliphatic heterocycles. The Labute approximate surface area is 368 Å². The van der Waals surface area contributed by atoms with Crippen LogP contribution in [0.2, 0.25) is 0 Å². The number of fused-ring (bicyclic) bond motifs is 1. The number of hydrogen-bond donors (Lipinski definition) is 2. The summed E-state index contributed by atoms with van der Waals surface area (Å²) in [6, 6.07) is 23.7. The van der Waals surface area contributed by atoms with Crippen molar-refractivity contribution in [1.29, 1.82) is 0 Å². The van der Waals surface area contributed by atoms with Gasteiger partial charge in [0.1, 0.15) is 23.0 Å². The number of rotatable bonds is 17. The lowest BCUT2D eigenvalue weighted by molar-refractivity contribution is -0.131. The predicted octanol–water partition coefficient (Wildman–Crippen LogP) is 6.45. The molecule has 0 spiro atoms. The molecule has 63 heavy (non-hydrogen) atoms. The number of furan rings is 1. The number of nitrogens with zero attached hydrogens (tertiary/aromatic N) is 6. The van der Waals surface area contributed by atoms with E-state index in [1.165, 1.54) is 0 Å². The Morgan fingerprint density at radius 2 is 1.56 bits per heavy atom. The molecule has 1 fully saturated rings. The van der Waals surface area contributed by atoms with Crippen molar-refractivity contribution >= 4 is 30.8 Å². The number of phenolic OH excluding ortho intramolecular Hbond substituents is 2. The Kier molecular flexibility index (Phi) is 14.0. The molecule has 2 N–H and O–H groups in total. The van der Waals surface area contributed by atoms with Crippen LogP contribution in [-0.2, 0) is 27.8 Å². The van der Waals surface area contributed by atoms with Crippen LogP contribution in [0.1, 0.15) is 66.9 Å². The van der Waals surface area contributed by atoms with Gasteiger partial charge in [-0.15, -0.1) is 0 Å². The van der Waals surface area contributed by atoms with Crippen LogP contribution >= 0.6 is 0 Å². The van der Waals surface area contributed by atoms with Gasteiger partial charge in [-0.1, -0.05) is 87.7 Å². The van der Waals surface area contributed by atoms with Crippen LogP contribution in [-0.4, -0.2) is 111 Å². The third kappa shape index (κ3) is 10.4. The van der Waals surface area contributed by atoms with Gasteiger partial charge in [0.2, 0.25) is 11.8 Å². The average molecular weight is 855 g/mol. The summed E-state index contributed by atoms with van der Waals surface area (Å²) in [5, 5.41) is 22.3. The van der Waals surface area contributed by atoms with Gasteiger partial charge >= 0.3 is 6.09 Å². The highest BCUT2D eigenvalue weighted by atomic mass is 16.6. The van der Waals surface area contributed by atoms with E-state index in [1.807, 2.05) is 85.1 Å². The molecule has 0 atom stereocenters. The number of amides is 2. The smallest absolute Gasteiger partial charge is 0.416 e. The molecule has 330 valence electrons. The Morgan fingerprint density at radius 1 is 0.857 bits per heavy atom. The third-order valence-electron chi connectivity index (χ3n) is 11.9. The first-order valence-corrected chi connectivity index (χ1v) is 21.6. The first-order chi connectivity index (χ1) is 30.3. The molecule has 0 unspecified atom stereocenters. The number of aromatic nitrogens is 3. The second kappa shape index (κ2) is 19.7. The summed E-state index contributed by atoms with van der Waals surface area (Å²) in [4.78, 5) is 44.2. The maximum atomic E-state index is 14.6. The SMILES string of the molecule is C=c1c(C)c(O)c(=C)c(C(C)(C)CC(=O)N(C)CCCN(CCCN2CCOCC2)C(=O)Oc2c(Cc3ccco3)nc3c(Cc4ccccc4)nc(-c4ccccc4)cn23)c1O. The van der Waals surface area contributed by atoms with Gasteiger partial charge in [0.05, 0.1) is 37.3 Å². The van der Waals surface area contributed by atoms with Crippen molar-refractivity contribution in [3.05, 3.63) is 130 Å². The molecule has 2 amide bonds. The van der Waals surface area contributed by atoms with E-state index < -0.39 is 11.5 Å². The maximum absolute atomic E-state index is 14.6. The summed E-state index contributed by atoms with van der Waals surface area (Å²) >= 11 is 0. The molecule has 3 aromatic heterocycles. The van der Waals surface area contributed by atoms with Gasteiger partial charge in [0.15, 0.2) is 5.65 Å². The first-order valence-electron chi connectivity index (χ1n) is 21.6. The zero-order valence-electron chi connectivity index (χ0n) is 36.8. The summed E-state index contributed by atoms with van der Waals surface area (Å²) in [5.74, 6) is 0.685. The van der Waals surface area contributed by atoms with E-state index in [4.69, 9.17) is 23.9 Å². The summed E-state index contributed by atoms with van der Waals surface area (Å²) in [5.41, 5.74) is 4.51. The third-order valence-corrected chi connectivity index (χ3v) is 11.9. The second-order valence-electron chi connectivity index (χ2n) is 17.0. The molecule has 13 nitrogen and oxygen atoms in total. The van der Waals surface area contributed by atoms with E-state index >= 15 is 0 Å². The highest BCUT2D eigenvalue weighted by Gasteiger charge is 2.32. The van der Waals surface area contributed by atoms with Crippen molar-refractivity contribution in [2.75, 3.05) is 59.5 Å². The van der Waals surface area contributed by atoms with E-state index in [0.717, 1.165) is 36.5 Å². The minimum atomic E-state index is -0.863. The standard InChI is InChI=1S/C50H58N6O7/c1-34-35(2)46(59)44(36(3)45(34)58)50(4,5)32-43(57)53(6)21-14-23-55(24-15-22-54-25-28-61-29-26-54)49(60)63-48-41(31-39-20-13-27-62-39)52-47-40(30-37-16-9-7-10-17-37)51-42(33-56(47)48)38-18-11-8-12-19-38/h7-13,16-20,27,33,58-59H,2-3,14-15,21-26,28-32H2,1,4-6H3. The van der Waals surface area contributed by atoms with Gasteiger partial charge in [-0.05, 0) is 37.5 Å². The lowest BCUT2D eigenvalue weighted by atomic mass is 9.78. The lowest BCUT2D eigenvalue weighted by Gasteiger charge is -2.30. The van der Waals surface area contributed by atoms with Gasteiger partial charge in [-0.3, -0.25) is 14.1 Å². The van der Waals surface area contributed by atoms with Crippen molar-refractivity contribution in [3.63, 3.8) is 0 Å². The molecule has 1 aliphatic rings. The molecular weight excluding hydrogens is 797 g/mol. The molecule has 0 aliphatic carbocycles. The van der Waals surface area contributed by atoms with Crippen molar-refractivity contribution in [2.45, 2.75) is 58.3 Å². The fraction of sp³-hybridized carbons (Fsp3) is 0.360. The number of aromatic hydroxyl groups is 2. The summed E-state index contributed by atoms with van der Waals surface area (Å²) < 4.78 is 19.6. The summed E-state index contributed by atoms with van der Waals surface area (Å²) in [6.07, 6.45) is 4.99. The fourth-order valence-corrected chi connectivity index (χ4v) is 8.26. The van der Waals surface area contributed by atoms with Gasteiger partial charge in [0.25, 0.3) is 0 Å². The Morgan fingerprint density at radius 3 is 2.25 bits per heavy atom. The second-order valence-corrected chi connectivity index (χ2v) is 17.0. The molecule has 6 aromatic rings. The molecular formula is C50H58N6O7. The quantitative estimate of drug-likeness (QED) is 0.0983. The molecule has 0 saturated carbocycles. The number of morpholine rings is 1. The van der Waals surface area contributed by atoms with Crippen LogP contribution in [0.25, 0.3) is 30.1 Å². The highest BCUT2D eigenvalue weighted by molar-refractivity contribution is 5.78. The minimum Gasteiger partial charge on any atom is -0.507 e. The van der Waals surface area contributed by atoms with Crippen LogP contribution in [0, 0.1) is 6.92 Å². The van der Waals surface area contributed by atoms with Gasteiger partial charge in [0, 0.05) is 97.9 Å². The normalized spacial score (nSPS) is 13.3. The molecule has 13 heteroatoms. The van der Waals surface area contributed by atoms with Crippen LogP contribution in [0.5, 0.6) is 17.4 Å². The topological polar surface area (TPSA) is 146 Å². The van der Waals surface area contributed by atoms with Crippen LogP contribution < -0.4 is 15.2 Å². The van der Waals surface area contributed by atoms with Gasteiger partial charge in [-0.2, -0.15) is 0 Å². The number of ether oxygens (including phenoxy) is 2. The predicted molar refractivity (Wildman–Crippen MR) is 243 cm³/mol. The number of benzene rings is 3. The largest absolute Gasteiger partial charge is 0.507 e. The van der Waals surface area contributed by atoms with Crippen LogP contribution in [0.3, 0.4) is 0 Å². The summed E-state index contributed by atoms with van der Waals surface area (Å²) in [7, 11) is 1.73. The maximum Gasteiger partial charge on any atom is 0.416 e. The molecule has 1 saturated heterocycles. The zero-order chi connectivity index (χ0) is 44.7. The Hall–Kier alpha value is -6.44. The monoisotopic (exact) mass is 854 g/mol. The van der Waals surface area contributed by atoms with Crippen molar-refractivity contribution in [3.8, 4) is 28.6 Å². The molecule has 0 bridgehead atoms.